The third kappa shape index (κ3) is 2.56. The first kappa shape index (κ1) is 19.5. The van der Waals surface area contributed by atoms with Gasteiger partial charge in [0.2, 0.25) is 0 Å². The van der Waals surface area contributed by atoms with E-state index in [9.17, 15) is 15.8 Å². The number of aromatic nitrogens is 2. The lowest BCUT2D eigenvalue weighted by atomic mass is 9.56. The standard InChI is InChI=1S/C24H22N6/c1-15-21(16(2)30(29-15)17-8-4-3-5-9-17)22-19-11-7-6-10-18(19)20(12-25)23(28)24(22,13-26)14-27/h3-5,8-10,19,22H,6-7,11,28H2,1-2H3/t19-,22-/m1/s1. The summed E-state index contributed by atoms with van der Waals surface area (Å²) < 4.78 is 1.86. The van der Waals surface area contributed by atoms with E-state index in [0.29, 0.717) is 5.57 Å². The summed E-state index contributed by atoms with van der Waals surface area (Å²) in [4.78, 5) is 0. The molecule has 2 aromatic rings. The minimum Gasteiger partial charge on any atom is -0.399 e. The van der Waals surface area contributed by atoms with Gasteiger partial charge in [0.25, 0.3) is 0 Å². The van der Waals surface area contributed by atoms with E-state index >= 15 is 0 Å². The van der Waals surface area contributed by atoms with E-state index in [1.165, 1.54) is 0 Å². The SMILES string of the molecule is Cc1nn(-c2ccccc2)c(C)c1[C@H]1[C@@H]2CCCC=C2C(C#N)=C(N)C1(C#N)C#N. The Bertz CT molecular complexity index is 1180. The van der Waals surface area contributed by atoms with Crippen molar-refractivity contribution in [2.45, 2.75) is 39.0 Å². The molecule has 0 aliphatic heterocycles. The molecule has 0 unspecified atom stereocenters. The molecule has 0 saturated heterocycles. The Morgan fingerprint density at radius 3 is 2.47 bits per heavy atom. The van der Waals surface area contributed by atoms with Crippen molar-refractivity contribution < 1.29 is 0 Å². The van der Waals surface area contributed by atoms with Crippen molar-refractivity contribution in [3.63, 3.8) is 0 Å². The summed E-state index contributed by atoms with van der Waals surface area (Å²) in [5.41, 5.74) is 9.47. The van der Waals surface area contributed by atoms with Crippen LogP contribution < -0.4 is 5.73 Å². The van der Waals surface area contributed by atoms with Crippen molar-refractivity contribution in [3.8, 4) is 23.9 Å². The van der Waals surface area contributed by atoms with E-state index in [1.807, 2.05) is 48.9 Å². The van der Waals surface area contributed by atoms with Gasteiger partial charge in [-0.15, -0.1) is 0 Å². The molecule has 2 atom stereocenters. The molecule has 1 aromatic carbocycles. The molecule has 2 N–H and O–H groups in total. The summed E-state index contributed by atoms with van der Waals surface area (Å²) >= 11 is 0. The van der Waals surface area contributed by atoms with Crippen LogP contribution in [-0.2, 0) is 0 Å². The Morgan fingerprint density at radius 1 is 1.13 bits per heavy atom. The van der Waals surface area contributed by atoms with Crippen LogP contribution in [0.15, 0.2) is 53.3 Å². The summed E-state index contributed by atoms with van der Waals surface area (Å²) in [6, 6.07) is 16.4. The van der Waals surface area contributed by atoms with E-state index in [1.54, 1.807) is 0 Å². The fraction of sp³-hybridized carbons (Fsp3) is 0.333. The highest BCUT2D eigenvalue weighted by atomic mass is 15.3. The van der Waals surface area contributed by atoms with Crippen LogP contribution in [-0.4, -0.2) is 9.78 Å². The number of para-hydroxylation sites is 1. The molecule has 148 valence electrons. The number of hydrogen-bond acceptors (Lipinski definition) is 5. The molecule has 0 spiro atoms. The van der Waals surface area contributed by atoms with Crippen molar-refractivity contribution in [3.05, 3.63) is 70.2 Å². The Kier molecular flexibility index (Phi) is 4.69. The molecule has 0 amide bonds. The van der Waals surface area contributed by atoms with Crippen LogP contribution in [0.5, 0.6) is 0 Å². The first-order chi connectivity index (χ1) is 14.5. The van der Waals surface area contributed by atoms with Crippen LogP contribution in [0.1, 0.15) is 42.1 Å². The zero-order valence-electron chi connectivity index (χ0n) is 17.1. The topological polar surface area (TPSA) is 115 Å². The molecular formula is C24H22N6. The molecule has 1 heterocycles. The lowest BCUT2D eigenvalue weighted by Crippen LogP contribution is -2.43. The molecule has 6 nitrogen and oxygen atoms in total. The van der Waals surface area contributed by atoms with Gasteiger partial charge in [-0.05, 0) is 56.7 Å². The number of nitriles is 3. The second kappa shape index (κ2) is 7.21. The summed E-state index contributed by atoms with van der Waals surface area (Å²) in [6.07, 6.45) is 4.67. The molecule has 0 fully saturated rings. The molecule has 1 aromatic heterocycles. The summed E-state index contributed by atoms with van der Waals surface area (Å²) in [7, 11) is 0. The van der Waals surface area contributed by atoms with Gasteiger partial charge in [0.05, 0.1) is 34.8 Å². The fourth-order valence-corrected chi connectivity index (χ4v) is 5.11. The minimum atomic E-state index is -1.61. The van der Waals surface area contributed by atoms with E-state index in [0.717, 1.165) is 47.5 Å². The largest absolute Gasteiger partial charge is 0.399 e. The van der Waals surface area contributed by atoms with E-state index < -0.39 is 11.3 Å². The Morgan fingerprint density at radius 2 is 1.83 bits per heavy atom. The number of aryl methyl sites for hydroxylation is 1. The lowest BCUT2D eigenvalue weighted by Gasteiger charge is -2.43. The van der Waals surface area contributed by atoms with Crippen LogP contribution in [0.4, 0.5) is 0 Å². The van der Waals surface area contributed by atoms with Gasteiger partial charge in [-0.3, -0.25) is 0 Å². The number of rotatable bonds is 2. The van der Waals surface area contributed by atoms with Gasteiger partial charge in [0.15, 0.2) is 5.41 Å². The Labute approximate surface area is 176 Å². The number of fused-ring (bicyclic) bond motifs is 1. The number of hydrogen-bond donors (Lipinski definition) is 1. The molecule has 2 aliphatic carbocycles. The molecule has 6 heteroatoms. The Hall–Kier alpha value is -3.82. The Balaban J connectivity index is 2.02. The third-order valence-corrected chi connectivity index (χ3v) is 6.46. The first-order valence-electron chi connectivity index (χ1n) is 10.0. The minimum absolute atomic E-state index is 0.0654. The van der Waals surface area contributed by atoms with Gasteiger partial charge >= 0.3 is 0 Å². The number of nitrogens with two attached hydrogens (primary N) is 1. The van der Waals surface area contributed by atoms with Crippen LogP contribution in [0.3, 0.4) is 0 Å². The molecule has 30 heavy (non-hydrogen) atoms. The van der Waals surface area contributed by atoms with E-state index in [-0.39, 0.29) is 11.6 Å². The molecule has 4 rings (SSSR count). The number of benzene rings is 1. The fourth-order valence-electron chi connectivity index (χ4n) is 5.11. The molecule has 2 aliphatic rings. The molecule has 0 radical (unpaired) electrons. The second-order valence-electron chi connectivity index (χ2n) is 7.94. The molecular weight excluding hydrogens is 372 g/mol. The van der Waals surface area contributed by atoms with Crippen molar-refractivity contribution in [1.29, 1.82) is 15.8 Å². The quantitative estimate of drug-likeness (QED) is 0.824. The van der Waals surface area contributed by atoms with Crippen molar-refractivity contribution in [2.75, 3.05) is 0 Å². The van der Waals surface area contributed by atoms with Crippen molar-refractivity contribution in [1.82, 2.24) is 9.78 Å². The van der Waals surface area contributed by atoms with Gasteiger partial charge in [0, 0.05) is 17.2 Å². The van der Waals surface area contributed by atoms with Crippen LogP contribution in [0, 0.1) is 59.2 Å². The first-order valence-corrected chi connectivity index (χ1v) is 10.0. The summed E-state index contributed by atoms with van der Waals surface area (Å²) in [6.45, 7) is 3.88. The zero-order valence-corrected chi connectivity index (χ0v) is 17.1. The number of allylic oxidation sites excluding steroid dienone is 4. The summed E-state index contributed by atoms with van der Waals surface area (Å²) in [5.74, 6) is -0.598. The van der Waals surface area contributed by atoms with Gasteiger partial charge < -0.3 is 5.73 Å². The van der Waals surface area contributed by atoms with E-state index in [4.69, 9.17) is 10.8 Å². The van der Waals surface area contributed by atoms with Crippen molar-refractivity contribution in [2.24, 2.45) is 17.1 Å². The van der Waals surface area contributed by atoms with Gasteiger partial charge in [-0.2, -0.15) is 20.9 Å². The van der Waals surface area contributed by atoms with Gasteiger partial charge in [-0.1, -0.05) is 24.3 Å². The second-order valence-corrected chi connectivity index (χ2v) is 7.94. The van der Waals surface area contributed by atoms with Gasteiger partial charge in [-0.25, -0.2) is 4.68 Å². The normalized spacial score (nSPS) is 22.3. The van der Waals surface area contributed by atoms with Crippen LogP contribution in [0.25, 0.3) is 5.69 Å². The van der Waals surface area contributed by atoms with Crippen LogP contribution >= 0.6 is 0 Å². The predicted octanol–water partition coefficient (Wildman–Crippen LogP) is 4.08. The predicted molar refractivity (Wildman–Crippen MR) is 112 cm³/mol. The highest BCUT2D eigenvalue weighted by Gasteiger charge is 2.55. The maximum absolute atomic E-state index is 10.2. The van der Waals surface area contributed by atoms with Crippen LogP contribution in [0.2, 0.25) is 0 Å². The third-order valence-electron chi connectivity index (χ3n) is 6.46. The lowest BCUT2D eigenvalue weighted by molar-refractivity contribution is 0.315. The number of nitrogens with zero attached hydrogens (tertiary/aromatic N) is 5. The zero-order chi connectivity index (χ0) is 21.5. The smallest absolute Gasteiger partial charge is 0.191 e. The maximum atomic E-state index is 10.2. The monoisotopic (exact) mass is 394 g/mol. The average molecular weight is 394 g/mol. The molecule has 0 bridgehead atoms. The van der Waals surface area contributed by atoms with Gasteiger partial charge in [0.1, 0.15) is 6.07 Å². The highest BCUT2D eigenvalue weighted by molar-refractivity contribution is 5.60. The highest BCUT2D eigenvalue weighted by Crippen LogP contribution is 2.56. The average Bonchev–Trinajstić information content (AvgIpc) is 3.07. The molecule has 0 saturated carbocycles. The summed E-state index contributed by atoms with van der Waals surface area (Å²) in [5, 5.41) is 34.9. The van der Waals surface area contributed by atoms with Crippen molar-refractivity contribution >= 4 is 0 Å². The van der Waals surface area contributed by atoms with E-state index in [2.05, 4.69) is 24.3 Å². The maximum Gasteiger partial charge on any atom is 0.191 e.